The van der Waals surface area contributed by atoms with Crippen LogP contribution in [0.3, 0.4) is 0 Å². The van der Waals surface area contributed by atoms with Crippen molar-refractivity contribution in [3.63, 3.8) is 0 Å². The predicted molar refractivity (Wildman–Crippen MR) is 66.2 cm³/mol. The Morgan fingerprint density at radius 3 is 2.67 bits per heavy atom. The van der Waals surface area contributed by atoms with Crippen molar-refractivity contribution in [2.45, 2.75) is 20.4 Å². The zero-order valence-electron chi connectivity index (χ0n) is 10.8. The van der Waals surface area contributed by atoms with Gasteiger partial charge in [0.25, 0.3) is 0 Å². The first kappa shape index (κ1) is 14.0. The summed E-state index contributed by atoms with van der Waals surface area (Å²) >= 11 is 0. The van der Waals surface area contributed by atoms with Crippen LogP contribution in [0.4, 0.5) is 10.5 Å². The van der Waals surface area contributed by atoms with Gasteiger partial charge in [0.15, 0.2) is 0 Å². The molecule has 7 nitrogen and oxygen atoms in total. The molecule has 0 spiro atoms. The lowest BCUT2D eigenvalue weighted by Gasteiger charge is -2.18. The van der Waals surface area contributed by atoms with E-state index in [9.17, 15) is 9.59 Å². The molecule has 0 saturated heterocycles. The minimum absolute atomic E-state index is 0.0254. The van der Waals surface area contributed by atoms with E-state index in [0.29, 0.717) is 18.8 Å². The van der Waals surface area contributed by atoms with Gasteiger partial charge in [-0.05, 0) is 13.8 Å². The highest BCUT2D eigenvalue weighted by Crippen LogP contribution is 2.06. The second-order valence-corrected chi connectivity index (χ2v) is 3.61. The highest BCUT2D eigenvalue weighted by molar-refractivity contribution is 5.89. The van der Waals surface area contributed by atoms with E-state index < -0.39 is 0 Å². The molecule has 7 heteroatoms. The van der Waals surface area contributed by atoms with E-state index in [0.717, 1.165) is 0 Å². The standard InChI is InChI=1S/C11H18N4O3/c1-4-14(5-2)11(17)13-9-6-12-15(7-9)8-10(16)18-3/h6-7H,4-5,8H2,1-3H3,(H,13,17). The van der Waals surface area contributed by atoms with Crippen LogP contribution in [-0.4, -0.2) is 46.9 Å². The molecule has 0 aliphatic heterocycles. The molecule has 0 bridgehead atoms. The van der Waals surface area contributed by atoms with E-state index in [-0.39, 0.29) is 18.5 Å². The van der Waals surface area contributed by atoms with Gasteiger partial charge in [-0.2, -0.15) is 5.10 Å². The number of carbonyl (C=O) groups excluding carboxylic acids is 2. The zero-order chi connectivity index (χ0) is 13.5. The van der Waals surface area contributed by atoms with Gasteiger partial charge in [0, 0.05) is 19.3 Å². The average molecular weight is 254 g/mol. The molecule has 0 radical (unpaired) electrons. The first-order valence-corrected chi connectivity index (χ1v) is 5.75. The lowest BCUT2D eigenvalue weighted by atomic mass is 10.5. The summed E-state index contributed by atoms with van der Waals surface area (Å²) in [5.41, 5.74) is 0.552. The summed E-state index contributed by atoms with van der Waals surface area (Å²) in [5, 5.41) is 6.66. The maximum atomic E-state index is 11.7. The average Bonchev–Trinajstić information content (AvgIpc) is 2.77. The molecule has 1 rings (SSSR count). The normalized spacial score (nSPS) is 9.94. The number of urea groups is 1. The van der Waals surface area contributed by atoms with Gasteiger partial charge in [-0.3, -0.25) is 9.48 Å². The number of rotatable bonds is 5. The number of amides is 2. The minimum atomic E-state index is -0.389. The van der Waals surface area contributed by atoms with Gasteiger partial charge < -0.3 is 15.0 Å². The van der Waals surface area contributed by atoms with Crippen molar-refractivity contribution in [3.8, 4) is 0 Å². The van der Waals surface area contributed by atoms with Gasteiger partial charge in [-0.1, -0.05) is 0 Å². The summed E-state index contributed by atoms with van der Waals surface area (Å²) in [6.45, 7) is 5.11. The Labute approximate surface area is 106 Å². The second kappa shape index (κ2) is 6.63. The van der Waals surface area contributed by atoms with E-state index >= 15 is 0 Å². The number of nitrogens with one attached hydrogen (secondary N) is 1. The van der Waals surface area contributed by atoms with Crippen LogP contribution >= 0.6 is 0 Å². The molecule has 100 valence electrons. The highest BCUT2D eigenvalue weighted by Gasteiger charge is 2.11. The zero-order valence-corrected chi connectivity index (χ0v) is 10.8. The fourth-order valence-electron chi connectivity index (χ4n) is 1.42. The molecule has 1 heterocycles. The largest absolute Gasteiger partial charge is 0.468 e. The van der Waals surface area contributed by atoms with Gasteiger partial charge in [-0.25, -0.2) is 4.79 Å². The number of hydrogen-bond acceptors (Lipinski definition) is 4. The fourth-order valence-corrected chi connectivity index (χ4v) is 1.42. The first-order chi connectivity index (χ1) is 8.60. The Hall–Kier alpha value is -2.05. The third kappa shape index (κ3) is 3.76. The molecule has 0 atom stereocenters. The number of ether oxygens (including phenoxy) is 1. The van der Waals surface area contributed by atoms with Crippen LogP contribution in [-0.2, 0) is 16.1 Å². The van der Waals surface area contributed by atoms with Crippen LogP contribution in [0.25, 0.3) is 0 Å². The van der Waals surface area contributed by atoms with Crippen LogP contribution in [0.5, 0.6) is 0 Å². The second-order valence-electron chi connectivity index (χ2n) is 3.61. The summed E-state index contributed by atoms with van der Waals surface area (Å²) in [7, 11) is 1.31. The van der Waals surface area contributed by atoms with Gasteiger partial charge >= 0.3 is 12.0 Å². The summed E-state index contributed by atoms with van der Waals surface area (Å²) in [6, 6.07) is -0.183. The van der Waals surface area contributed by atoms with Crippen LogP contribution in [0.2, 0.25) is 0 Å². The van der Waals surface area contributed by atoms with Crippen LogP contribution in [0, 0.1) is 0 Å². The lowest BCUT2D eigenvalue weighted by molar-refractivity contribution is -0.141. The topological polar surface area (TPSA) is 76.5 Å². The molecule has 0 aliphatic carbocycles. The molecule has 1 aromatic heterocycles. The van der Waals surface area contributed by atoms with Gasteiger partial charge in [0.05, 0.1) is 19.0 Å². The van der Waals surface area contributed by atoms with Crippen LogP contribution < -0.4 is 5.32 Å². The van der Waals surface area contributed by atoms with Gasteiger partial charge in [0.1, 0.15) is 6.54 Å². The summed E-state index contributed by atoms with van der Waals surface area (Å²) in [4.78, 5) is 24.4. The molecule has 1 N–H and O–H groups in total. The molecule has 2 amide bonds. The van der Waals surface area contributed by atoms with Crippen LogP contribution in [0.1, 0.15) is 13.8 Å². The highest BCUT2D eigenvalue weighted by atomic mass is 16.5. The molecule has 1 aromatic rings. The smallest absolute Gasteiger partial charge is 0.327 e. The van der Waals surface area contributed by atoms with Crippen molar-refractivity contribution in [1.29, 1.82) is 0 Å². The molecule has 0 fully saturated rings. The quantitative estimate of drug-likeness (QED) is 0.793. The Balaban J connectivity index is 2.58. The molecular formula is C11H18N4O3. The number of hydrogen-bond donors (Lipinski definition) is 1. The van der Waals surface area contributed by atoms with Crippen LogP contribution in [0.15, 0.2) is 12.4 Å². The fraction of sp³-hybridized carbons (Fsp3) is 0.545. The molecule has 18 heavy (non-hydrogen) atoms. The lowest BCUT2D eigenvalue weighted by Crippen LogP contribution is -2.34. The number of esters is 1. The van der Waals surface area contributed by atoms with E-state index in [4.69, 9.17) is 0 Å². The number of aromatic nitrogens is 2. The molecule has 0 aromatic carbocycles. The maximum Gasteiger partial charge on any atom is 0.327 e. The Morgan fingerprint density at radius 1 is 1.44 bits per heavy atom. The van der Waals surface area contributed by atoms with Crippen molar-refractivity contribution < 1.29 is 14.3 Å². The van der Waals surface area contributed by atoms with Crippen molar-refractivity contribution in [3.05, 3.63) is 12.4 Å². The van der Waals surface area contributed by atoms with E-state index in [2.05, 4.69) is 15.2 Å². The van der Waals surface area contributed by atoms with Crippen molar-refractivity contribution in [2.24, 2.45) is 0 Å². The Kier molecular flexibility index (Phi) is 5.16. The van der Waals surface area contributed by atoms with Gasteiger partial charge in [-0.15, -0.1) is 0 Å². The van der Waals surface area contributed by atoms with E-state index in [1.807, 2.05) is 13.8 Å². The van der Waals surface area contributed by atoms with Gasteiger partial charge in [0.2, 0.25) is 0 Å². The number of nitrogens with zero attached hydrogens (tertiary/aromatic N) is 3. The maximum absolute atomic E-state index is 11.7. The minimum Gasteiger partial charge on any atom is -0.468 e. The molecule has 0 aliphatic rings. The summed E-state index contributed by atoms with van der Waals surface area (Å²) < 4.78 is 5.93. The Bertz CT molecular complexity index is 412. The molecule has 0 unspecified atom stereocenters. The number of anilines is 1. The predicted octanol–water partition coefficient (Wildman–Crippen LogP) is 0.930. The SMILES string of the molecule is CCN(CC)C(=O)Nc1cnn(CC(=O)OC)c1. The monoisotopic (exact) mass is 254 g/mol. The first-order valence-electron chi connectivity index (χ1n) is 5.75. The van der Waals surface area contributed by atoms with Crippen molar-refractivity contribution in [1.82, 2.24) is 14.7 Å². The molecular weight excluding hydrogens is 236 g/mol. The summed E-state index contributed by atoms with van der Waals surface area (Å²) in [5.74, 6) is -0.389. The molecule has 0 saturated carbocycles. The number of methoxy groups -OCH3 is 1. The van der Waals surface area contributed by atoms with Crippen molar-refractivity contribution in [2.75, 3.05) is 25.5 Å². The Morgan fingerprint density at radius 2 is 2.11 bits per heavy atom. The van der Waals surface area contributed by atoms with E-state index in [1.54, 1.807) is 11.1 Å². The number of carbonyl (C=O) groups is 2. The summed E-state index contributed by atoms with van der Waals surface area (Å²) in [6.07, 6.45) is 3.07. The van der Waals surface area contributed by atoms with Crippen molar-refractivity contribution >= 4 is 17.7 Å². The third-order valence-corrected chi connectivity index (χ3v) is 2.45. The van der Waals surface area contributed by atoms with E-state index in [1.165, 1.54) is 18.0 Å². The third-order valence-electron chi connectivity index (χ3n) is 2.45.